The second-order valence-corrected chi connectivity index (χ2v) is 5.88. The number of nitrogens with zero attached hydrogens (tertiary/aromatic N) is 3. The van der Waals surface area contributed by atoms with E-state index in [1.165, 1.54) is 11.3 Å². The summed E-state index contributed by atoms with van der Waals surface area (Å²) in [5, 5.41) is 4.27. The Morgan fingerprint density at radius 2 is 2.18 bits per heavy atom. The van der Waals surface area contributed by atoms with E-state index < -0.39 is 0 Å². The Hall–Kier alpha value is -2.31. The molecule has 22 heavy (non-hydrogen) atoms. The second-order valence-electron chi connectivity index (χ2n) is 4.52. The zero-order chi connectivity index (χ0) is 15.5. The van der Waals surface area contributed by atoms with Gasteiger partial charge in [-0.05, 0) is 31.2 Å². The number of carbonyl (C=O) groups excluding carboxylic acids is 1. The van der Waals surface area contributed by atoms with Crippen molar-refractivity contribution in [1.82, 2.24) is 15.0 Å². The molecule has 3 rings (SSSR count). The van der Waals surface area contributed by atoms with Gasteiger partial charge in [-0.3, -0.25) is 14.8 Å². The lowest BCUT2D eigenvalue weighted by atomic mass is 10.2. The smallest absolute Gasteiger partial charge is 0.256 e. The molecule has 3 aromatic rings. The van der Waals surface area contributed by atoms with Crippen molar-refractivity contribution in [3.63, 3.8) is 0 Å². The van der Waals surface area contributed by atoms with Crippen molar-refractivity contribution in [3.05, 3.63) is 59.3 Å². The standard InChI is InChI=1S/C15H11ClN4OS/c1-9-7-10(4-6-18-9)13(21)20-15-12(16)19-14(22-15)11-3-2-5-17-8-11/h2-8H,1H3,(H,20,21). The molecule has 1 N–H and O–H groups in total. The molecule has 0 fully saturated rings. The third-order valence-electron chi connectivity index (χ3n) is 2.88. The average molecular weight is 331 g/mol. The van der Waals surface area contributed by atoms with Gasteiger partial charge in [-0.15, -0.1) is 0 Å². The normalized spacial score (nSPS) is 10.5. The number of rotatable bonds is 3. The highest BCUT2D eigenvalue weighted by Crippen LogP contribution is 2.34. The number of anilines is 1. The number of halogens is 1. The fourth-order valence-corrected chi connectivity index (χ4v) is 2.99. The van der Waals surface area contributed by atoms with Crippen LogP contribution in [-0.2, 0) is 0 Å². The second kappa shape index (κ2) is 6.21. The van der Waals surface area contributed by atoms with E-state index in [0.29, 0.717) is 15.6 Å². The van der Waals surface area contributed by atoms with E-state index in [-0.39, 0.29) is 11.1 Å². The van der Waals surface area contributed by atoms with Crippen LogP contribution in [0, 0.1) is 6.92 Å². The molecule has 0 saturated carbocycles. The number of aromatic nitrogens is 3. The fraction of sp³-hybridized carbons (Fsp3) is 0.0667. The van der Waals surface area contributed by atoms with Crippen LogP contribution in [0.5, 0.6) is 0 Å². The van der Waals surface area contributed by atoms with Crippen LogP contribution in [-0.4, -0.2) is 20.9 Å². The van der Waals surface area contributed by atoms with Gasteiger partial charge in [0.15, 0.2) is 5.15 Å². The van der Waals surface area contributed by atoms with Crippen LogP contribution in [0.25, 0.3) is 10.6 Å². The van der Waals surface area contributed by atoms with Crippen molar-refractivity contribution in [2.75, 3.05) is 5.32 Å². The van der Waals surface area contributed by atoms with E-state index >= 15 is 0 Å². The highest BCUT2D eigenvalue weighted by atomic mass is 35.5. The minimum absolute atomic E-state index is 0.242. The first-order valence-electron chi connectivity index (χ1n) is 6.44. The molecule has 0 aliphatic rings. The van der Waals surface area contributed by atoms with E-state index in [2.05, 4.69) is 20.3 Å². The predicted molar refractivity (Wildman–Crippen MR) is 87.3 cm³/mol. The summed E-state index contributed by atoms with van der Waals surface area (Å²) < 4.78 is 0. The summed E-state index contributed by atoms with van der Waals surface area (Å²) in [5.41, 5.74) is 2.16. The minimum atomic E-state index is -0.242. The van der Waals surface area contributed by atoms with Crippen LogP contribution >= 0.6 is 22.9 Å². The van der Waals surface area contributed by atoms with Gasteiger partial charge in [0.1, 0.15) is 10.0 Å². The predicted octanol–water partition coefficient (Wildman–Crippen LogP) is 3.81. The van der Waals surface area contributed by atoms with Gasteiger partial charge in [-0.1, -0.05) is 22.9 Å². The summed E-state index contributed by atoms with van der Waals surface area (Å²) in [7, 11) is 0. The molecule has 0 saturated heterocycles. The average Bonchev–Trinajstić information content (AvgIpc) is 2.89. The number of amides is 1. The molecular formula is C15H11ClN4OS. The van der Waals surface area contributed by atoms with Crippen molar-refractivity contribution in [2.45, 2.75) is 6.92 Å². The zero-order valence-electron chi connectivity index (χ0n) is 11.6. The fourth-order valence-electron chi connectivity index (χ4n) is 1.85. The summed E-state index contributed by atoms with van der Waals surface area (Å²) in [5.74, 6) is -0.242. The number of thiazole rings is 1. The quantitative estimate of drug-likeness (QED) is 0.792. The lowest BCUT2D eigenvalue weighted by Crippen LogP contribution is -2.11. The molecule has 0 aliphatic heterocycles. The van der Waals surface area contributed by atoms with Gasteiger partial charge < -0.3 is 5.32 Å². The van der Waals surface area contributed by atoms with E-state index in [1.54, 1.807) is 30.7 Å². The maximum Gasteiger partial charge on any atom is 0.256 e. The van der Waals surface area contributed by atoms with Crippen LogP contribution in [0.1, 0.15) is 16.1 Å². The van der Waals surface area contributed by atoms with E-state index in [1.807, 2.05) is 19.1 Å². The van der Waals surface area contributed by atoms with Crippen LogP contribution in [0.3, 0.4) is 0 Å². The Morgan fingerprint density at radius 3 is 2.91 bits per heavy atom. The molecule has 3 heterocycles. The summed E-state index contributed by atoms with van der Waals surface area (Å²) in [6.45, 7) is 1.83. The van der Waals surface area contributed by atoms with Crippen molar-refractivity contribution in [1.29, 1.82) is 0 Å². The molecule has 3 aromatic heterocycles. The van der Waals surface area contributed by atoms with Gasteiger partial charge in [0, 0.05) is 35.4 Å². The maximum atomic E-state index is 12.2. The molecule has 0 unspecified atom stereocenters. The van der Waals surface area contributed by atoms with Crippen molar-refractivity contribution in [3.8, 4) is 10.6 Å². The first kappa shape index (κ1) is 14.6. The van der Waals surface area contributed by atoms with Crippen molar-refractivity contribution >= 4 is 33.8 Å². The zero-order valence-corrected chi connectivity index (χ0v) is 13.1. The maximum absolute atomic E-state index is 12.2. The Balaban J connectivity index is 1.84. The molecule has 7 heteroatoms. The molecule has 110 valence electrons. The molecule has 0 aromatic carbocycles. The van der Waals surface area contributed by atoms with Gasteiger partial charge in [-0.25, -0.2) is 4.98 Å². The highest BCUT2D eigenvalue weighted by Gasteiger charge is 2.14. The Kier molecular flexibility index (Phi) is 4.13. The first-order valence-corrected chi connectivity index (χ1v) is 7.63. The molecule has 5 nitrogen and oxygen atoms in total. The third-order valence-corrected chi connectivity index (χ3v) is 4.29. The van der Waals surface area contributed by atoms with Gasteiger partial charge in [0.2, 0.25) is 0 Å². The molecule has 0 atom stereocenters. The third kappa shape index (κ3) is 3.13. The van der Waals surface area contributed by atoms with E-state index in [0.717, 1.165) is 11.3 Å². The highest BCUT2D eigenvalue weighted by molar-refractivity contribution is 7.19. The lowest BCUT2D eigenvalue weighted by molar-refractivity contribution is 0.102. The summed E-state index contributed by atoms with van der Waals surface area (Å²) in [4.78, 5) is 24.6. The van der Waals surface area contributed by atoms with Crippen LogP contribution in [0.15, 0.2) is 42.9 Å². The summed E-state index contributed by atoms with van der Waals surface area (Å²) in [6.07, 6.45) is 4.99. The Morgan fingerprint density at radius 1 is 1.32 bits per heavy atom. The Labute approximate surface area is 136 Å². The van der Waals surface area contributed by atoms with Crippen LogP contribution < -0.4 is 5.32 Å². The number of pyridine rings is 2. The van der Waals surface area contributed by atoms with Crippen molar-refractivity contribution in [2.24, 2.45) is 0 Å². The topological polar surface area (TPSA) is 67.8 Å². The van der Waals surface area contributed by atoms with Gasteiger partial charge in [0.05, 0.1) is 0 Å². The minimum Gasteiger partial charge on any atom is -0.311 e. The lowest BCUT2D eigenvalue weighted by Gasteiger charge is -2.03. The van der Waals surface area contributed by atoms with E-state index in [9.17, 15) is 4.79 Å². The SMILES string of the molecule is Cc1cc(C(=O)Nc2sc(-c3cccnc3)nc2Cl)ccn1. The van der Waals surface area contributed by atoms with E-state index in [4.69, 9.17) is 11.6 Å². The number of hydrogen-bond donors (Lipinski definition) is 1. The molecular weight excluding hydrogens is 320 g/mol. The molecule has 0 aliphatic carbocycles. The Bertz CT molecular complexity index is 819. The number of nitrogens with one attached hydrogen (secondary N) is 1. The van der Waals surface area contributed by atoms with Crippen molar-refractivity contribution < 1.29 is 4.79 Å². The molecule has 0 bridgehead atoms. The van der Waals surface area contributed by atoms with Crippen LogP contribution in [0.2, 0.25) is 5.15 Å². The van der Waals surface area contributed by atoms with Gasteiger partial charge >= 0.3 is 0 Å². The van der Waals surface area contributed by atoms with Crippen LogP contribution in [0.4, 0.5) is 5.00 Å². The number of carbonyl (C=O) groups is 1. The summed E-state index contributed by atoms with van der Waals surface area (Å²) in [6, 6.07) is 7.08. The molecule has 0 spiro atoms. The largest absolute Gasteiger partial charge is 0.311 e. The summed E-state index contributed by atoms with van der Waals surface area (Å²) >= 11 is 7.42. The molecule has 1 amide bonds. The van der Waals surface area contributed by atoms with Gasteiger partial charge in [-0.2, -0.15) is 0 Å². The number of hydrogen-bond acceptors (Lipinski definition) is 5. The monoisotopic (exact) mass is 330 g/mol. The molecule has 0 radical (unpaired) electrons. The number of aryl methyl sites for hydroxylation is 1. The first-order chi connectivity index (χ1) is 10.6. The van der Waals surface area contributed by atoms with Gasteiger partial charge in [0.25, 0.3) is 5.91 Å².